The van der Waals surface area contributed by atoms with Crippen molar-refractivity contribution in [2.45, 2.75) is 26.4 Å². The molecule has 0 spiro atoms. The fourth-order valence-electron chi connectivity index (χ4n) is 3.15. The first-order chi connectivity index (χ1) is 11.0. The van der Waals surface area contributed by atoms with Gasteiger partial charge in [0.25, 0.3) is 0 Å². The maximum absolute atomic E-state index is 11.5. The Labute approximate surface area is 135 Å². The van der Waals surface area contributed by atoms with Crippen LogP contribution in [0, 0.1) is 12.8 Å². The van der Waals surface area contributed by atoms with Crippen molar-refractivity contribution in [2.75, 3.05) is 26.2 Å². The van der Waals surface area contributed by atoms with E-state index in [1.807, 2.05) is 26.0 Å². The van der Waals surface area contributed by atoms with Gasteiger partial charge in [0.05, 0.1) is 6.10 Å². The average Bonchev–Trinajstić information content (AvgIpc) is 2.96. The predicted octanol–water partition coefficient (Wildman–Crippen LogP) is 2.18. The molecule has 0 radical (unpaired) electrons. The SMILES string of the molecule is Cc1cc(=O)oc2cc(OCCN3CCC(C(C)O)C3)ccc12. The molecule has 5 nitrogen and oxygen atoms in total. The van der Waals surface area contributed by atoms with Crippen LogP contribution in [0.1, 0.15) is 18.9 Å². The van der Waals surface area contributed by atoms with Gasteiger partial charge in [0.1, 0.15) is 17.9 Å². The topological polar surface area (TPSA) is 62.9 Å². The molecular weight excluding hydrogens is 294 g/mol. The third-order valence-corrected chi connectivity index (χ3v) is 4.59. The lowest BCUT2D eigenvalue weighted by Crippen LogP contribution is -2.28. The van der Waals surface area contributed by atoms with E-state index in [2.05, 4.69) is 4.90 Å². The summed E-state index contributed by atoms with van der Waals surface area (Å²) in [5.74, 6) is 1.07. The zero-order valence-electron chi connectivity index (χ0n) is 13.6. The van der Waals surface area contributed by atoms with Crippen molar-refractivity contribution in [3.63, 3.8) is 0 Å². The van der Waals surface area contributed by atoms with Gasteiger partial charge in [-0.1, -0.05) is 0 Å². The van der Waals surface area contributed by atoms with Gasteiger partial charge in [0.2, 0.25) is 0 Å². The van der Waals surface area contributed by atoms with Gasteiger partial charge in [-0.15, -0.1) is 0 Å². The second kappa shape index (κ2) is 6.72. The van der Waals surface area contributed by atoms with Gasteiger partial charge >= 0.3 is 5.63 Å². The van der Waals surface area contributed by atoms with Crippen molar-refractivity contribution in [1.82, 2.24) is 4.90 Å². The number of likely N-dealkylation sites (tertiary alicyclic amines) is 1. The molecule has 2 unspecified atom stereocenters. The molecule has 2 atom stereocenters. The molecule has 124 valence electrons. The van der Waals surface area contributed by atoms with Crippen molar-refractivity contribution < 1.29 is 14.3 Å². The van der Waals surface area contributed by atoms with E-state index >= 15 is 0 Å². The molecule has 3 rings (SSSR count). The Hall–Kier alpha value is -1.85. The van der Waals surface area contributed by atoms with Gasteiger partial charge in [0.15, 0.2) is 0 Å². The first-order valence-electron chi connectivity index (χ1n) is 8.10. The minimum absolute atomic E-state index is 0.243. The number of ether oxygens (including phenoxy) is 1. The Kier molecular flexibility index (Phi) is 4.68. The summed E-state index contributed by atoms with van der Waals surface area (Å²) in [5.41, 5.74) is 1.13. The van der Waals surface area contributed by atoms with E-state index in [1.165, 1.54) is 6.07 Å². The van der Waals surface area contributed by atoms with Crippen LogP contribution < -0.4 is 10.4 Å². The third-order valence-electron chi connectivity index (χ3n) is 4.59. The highest BCUT2D eigenvalue weighted by Gasteiger charge is 2.25. The third kappa shape index (κ3) is 3.74. The molecule has 0 aliphatic carbocycles. The van der Waals surface area contributed by atoms with Crippen LogP contribution in [0.5, 0.6) is 5.75 Å². The highest BCUT2D eigenvalue weighted by atomic mass is 16.5. The lowest BCUT2D eigenvalue weighted by atomic mass is 10.0. The van der Waals surface area contributed by atoms with Gasteiger partial charge < -0.3 is 14.3 Å². The molecule has 2 heterocycles. The van der Waals surface area contributed by atoms with Crippen LogP contribution in [0.15, 0.2) is 33.5 Å². The predicted molar refractivity (Wildman–Crippen MR) is 88.9 cm³/mol. The first kappa shape index (κ1) is 16.0. The number of hydrogen-bond donors (Lipinski definition) is 1. The summed E-state index contributed by atoms with van der Waals surface area (Å²) in [7, 11) is 0. The molecule has 1 saturated heterocycles. The van der Waals surface area contributed by atoms with Crippen molar-refractivity contribution in [3.8, 4) is 5.75 Å². The van der Waals surface area contributed by atoms with Crippen LogP contribution in [0.3, 0.4) is 0 Å². The normalized spacial score (nSPS) is 20.0. The zero-order chi connectivity index (χ0) is 16.4. The maximum atomic E-state index is 11.5. The molecule has 1 N–H and O–H groups in total. The van der Waals surface area contributed by atoms with E-state index in [9.17, 15) is 9.90 Å². The van der Waals surface area contributed by atoms with Crippen molar-refractivity contribution in [3.05, 3.63) is 40.2 Å². The Morgan fingerprint density at radius 3 is 3.00 bits per heavy atom. The minimum Gasteiger partial charge on any atom is -0.492 e. The second-order valence-corrected chi connectivity index (χ2v) is 6.34. The van der Waals surface area contributed by atoms with Crippen LogP contribution in [0.25, 0.3) is 11.0 Å². The highest BCUT2D eigenvalue weighted by Crippen LogP contribution is 2.23. The molecule has 5 heteroatoms. The number of benzene rings is 1. The van der Waals surface area contributed by atoms with Gasteiger partial charge in [-0.2, -0.15) is 0 Å². The van der Waals surface area contributed by atoms with Crippen LogP contribution in [-0.2, 0) is 0 Å². The van der Waals surface area contributed by atoms with E-state index in [-0.39, 0.29) is 11.7 Å². The number of aliphatic hydroxyl groups is 1. The van der Waals surface area contributed by atoms with Crippen LogP contribution in [-0.4, -0.2) is 42.4 Å². The summed E-state index contributed by atoms with van der Waals surface area (Å²) >= 11 is 0. The molecule has 1 aliphatic heterocycles. The molecule has 23 heavy (non-hydrogen) atoms. The fourth-order valence-corrected chi connectivity index (χ4v) is 3.15. The number of nitrogens with zero attached hydrogens (tertiary/aromatic N) is 1. The minimum atomic E-state index is -0.339. The number of rotatable bonds is 5. The quantitative estimate of drug-likeness (QED) is 0.857. The summed E-state index contributed by atoms with van der Waals surface area (Å²) in [6.45, 7) is 7.09. The van der Waals surface area contributed by atoms with Gasteiger partial charge in [-0.05, 0) is 50.4 Å². The number of hydrogen-bond acceptors (Lipinski definition) is 5. The standard InChI is InChI=1S/C18H23NO4/c1-12-9-18(21)23-17-10-15(3-4-16(12)17)22-8-7-19-6-5-14(11-19)13(2)20/h3-4,9-10,13-14,20H,5-8,11H2,1-2H3. The van der Waals surface area contributed by atoms with Crippen LogP contribution >= 0.6 is 0 Å². The number of fused-ring (bicyclic) bond motifs is 1. The fraction of sp³-hybridized carbons (Fsp3) is 0.500. The largest absolute Gasteiger partial charge is 0.492 e. The monoisotopic (exact) mass is 317 g/mol. The van der Waals surface area contributed by atoms with Crippen molar-refractivity contribution in [1.29, 1.82) is 0 Å². The van der Waals surface area contributed by atoms with E-state index in [1.54, 1.807) is 6.07 Å². The Morgan fingerprint density at radius 1 is 1.43 bits per heavy atom. The number of aliphatic hydroxyl groups excluding tert-OH is 1. The molecule has 2 aromatic rings. The Bertz CT molecular complexity index is 737. The van der Waals surface area contributed by atoms with Crippen LogP contribution in [0.2, 0.25) is 0 Å². The van der Waals surface area contributed by atoms with E-state index in [0.29, 0.717) is 23.9 Å². The summed E-state index contributed by atoms with van der Waals surface area (Å²) < 4.78 is 11.0. The Balaban J connectivity index is 1.59. The highest BCUT2D eigenvalue weighted by molar-refractivity contribution is 5.81. The average molecular weight is 317 g/mol. The zero-order valence-corrected chi connectivity index (χ0v) is 13.6. The van der Waals surface area contributed by atoms with Gasteiger partial charge in [-0.25, -0.2) is 4.79 Å². The van der Waals surface area contributed by atoms with Gasteiger partial charge in [0, 0.05) is 30.6 Å². The van der Waals surface area contributed by atoms with E-state index in [0.717, 1.165) is 37.0 Å². The van der Waals surface area contributed by atoms with E-state index in [4.69, 9.17) is 9.15 Å². The molecule has 1 aromatic carbocycles. The number of aryl methyl sites for hydroxylation is 1. The lowest BCUT2D eigenvalue weighted by Gasteiger charge is -2.17. The molecule has 0 saturated carbocycles. The molecule has 1 aromatic heterocycles. The summed E-state index contributed by atoms with van der Waals surface area (Å²) in [4.78, 5) is 13.8. The van der Waals surface area contributed by atoms with Crippen LogP contribution in [0.4, 0.5) is 0 Å². The summed E-state index contributed by atoms with van der Waals surface area (Å²) in [5, 5.41) is 10.6. The first-order valence-corrected chi connectivity index (χ1v) is 8.10. The lowest BCUT2D eigenvalue weighted by molar-refractivity contribution is 0.125. The summed E-state index contributed by atoms with van der Waals surface area (Å²) in [6.07, 6.45) is 0.797. The molecule has 1 aliphatic rings. The summed E-state index contributed by atoms with van der Waals surface area (Å²) in [6, 6.07) is 7.08. The van der Waals surface area contributed by atoms with Crippen molar-refractivity contribution >= 4 is 11.0 Å². The van der Waals surface area contributed by atoms with E-state index < -0.39 is 0 Å². The second-order valence-electron chi connectivity index (χ2n) is 6.34. The molecule has 0 bridgehead atoms. The van der Waals surface area contributed by atoms with Gasteiger partial charge in [-0.3, -0.25) is 4.90 Å². The molecule has 0 amide bonds. The Morgan fingerprint density at radius 2 is 2.26 bits per heavy atom. The van der Waals surface area contributed by atoms with Crippen molar-refractivity contribution in [2.24, 2.45) is 5.92 Å². The molecule has 1 fully saturated rings. The molecular formula is C18H23NO4. The smallest absolute Gasteiger partial charge is 0.336 e. The maximum Gasteiger partial charge on any atom is 0.336 e.